The summed E-state index contributed by atoms with van der Waals surface area (Å²) in [6, 6.07) is 8.90. The van der Waals surface area contributed by atoms with Crippen molar-refractivity contribution in [3.63, 3.8) is 0 Å². The summed E-state index contributed by atoms with van der Waals surface area (Å²) in [5.74, 6) is -0.641. The number of hydrogen-bond donors (Lipinski definition) is 3. The molecule has 0 saturated carbocycles. The summed E-state index contributed by atoms with van der Waals surface area (Å²) in [6.45, 7) is 4.20. The van der Waals surface area contributed by atoms with Crippen LogP contribution in [0, 0.1) is 17.8 Å². The molecule has 4 heterocycles. The van der Waals surface area contributed by atoms with Gasteiger partial charge in [0.05, 0.1) is 12.6 Å². The van der Waals surface area contributed by atoms with E-state index in [1.807, 2.05) is 0 Å². The fourth-order valence-electron chi connectivity index (χ4n) is 5.45. The van der Waals surface area contributed by atoms with E-state index in [9.17, 15) is 10.2 Å². The van der Waals surface area contributed by atoms with E-state index in [1.54, 1.807) is 6.92 Å². The Bertz CT molecular complexity index is 799. The second-order valence-electron chi connectivity index (χ2n) is 8.14. The first-order valence-electron chi connectivity index (χ1n) is 9.39. The molecule has 1 unspecified atom stereocenters. The summed E-state index contributed by atoms with van der Waals surface area (Å²) in [5.41, 5.74) is 4.01. The van der Waals surface area contributed by atoms with Gasteiger partial charge in [0.2, 0.25) is 0 Å². The molecular weight excluding hydrogens is 316 g/mol. The zero-order valence-electron chi connectivity index (χ0n) is 14.6. The summed E-state index contributed by atoms with van der Waals surface area (Å²) in [4.78, 5) is 6.16. The number of para-hydroxylation sites is 1. The van der Waals surface area contributed by atoms with Crippen molar-refractivity contribution in [3.05, 3.63) is 35.5 Å². The molecule has 2 saturated heterocycles. The molecule has 3 aliphatic heterocycles. The summed E-state index contributed by atoms with van der Waals surface area (Å²) in [5, 5.41) is 21.9. The minimum atomic E-state index is -1.10. The highest BCUT2D eigenvalue weighted by molar-refractivity contribution is 5.85. The molecule has 0 bridgehead atoms. The zero-order valence-corrected chi connectivity index (χ0v) is 14.6. The molecule has 5 rings (SSSR count). The van der Waals surface area contributed by atoms with Gasteiger partial charge >= 0.3 is 0 Å². The lowest BCUT2D eigenvalue weighted by Crippen LogP contribution is -2.59. The molecule has 2 aromatic rings. The lowest BCUT2D eigenvalue weighted by Gasteiger charge is -2.54. The third kappa shape index (κ3) is 2.30. The molecule has 134 valence electrons. The van der Waals surface area contributed by atoms with E-state index in [2.05, 4.69) is 34.1 Å². The third-order valence-corrected chi connectivity index (χ3v) is 6.83. The SMILES string of the molecule is CC1(O)OC[C@H](CO)[C@H]2C[C@@H]3c4[nH]c5ccccc5c4CCN3C[C@@H]21. The van der Waals surface area contributed by atoms with Gasteiger partial charge in [0.15, 0.2) is 5.79 Å². The Kier molecular flexibility index (Phi) is 3.51. The molecular formula is C20H26N2O3. The first kappa shape index (κ1) is 15.8. The van der Waals surface area contributed by atoms with Gasteiger partial charge in [-0.25, -0.2) is 0 Å². The minimum Gasteiger partial charge on any atom is -0.396 e. The number of benzene rings is 1. The van der Waals surface area contributed by atoms with Gasteiger partial charge in [-0.3, -0.25) is 4.90 Å². The third-order valence-electron chi connectivity index (χ3n) is 6.83. The number of rotatable bonds is 1. The predicted molar refractivity (Wildman–Crippen MR) is 95.1 cm³/mol. The number of piperidine rings is 1. The van der Waals surface area contributed by atoms with Crippen LogP contribution in [0.25, 0.3) is 10.9 Å². The van der Waals surface area contributed by atoms with Crippen molar-refractivity contribution >= 4 is 10.9 Å². The van der Waals surface area contributed by atoms with Crippen LogP contribution in [0.2, 0.25) is 0 Å². The van der Waals surface area contributed by atoms with Gasteiger partial charge < -0.3 is 19.9 Å². The zero-order chi connectivity index (χ0) is 17.2. The van der Waals surface area contributed by atoms with Crippen molar-refractivity contribution in [2.45, 2.75) is 31.6 Å². The minimum absolute atomic E-state index is 0.0561. The molecule has 1 aromatic heterocycles. The van der Waals surface area contributed by atoms with E-state index in [0.29, 0.717) is 12.6 Å². The van der Waals surface area contributed by atoms with Crippen LogP contribution in [0.3, 0.4) is 0 Å². The first-order valence-corrected chi connectivity index (χ1v) is 9.39. The van der Waals surface area contributed by atoms with Crippen LogP contribution in [-0.4, -0.2) is 52.2 Å². The molecule has 0 radical (unpaired) electrons. The van der Waals surface area contributed by atoms with E-state index in [-0.39, 0.29) is 24.4 Å². The lowest BCUT2D eigenvalue weighted by atomic mass is 9.68. The standard InChI is InChI=1S/C20H26N2O3/c1-20(24)16-9-22-7-6-14-13-4-2-3-5-17(13)21-19(14)18(22)8-15(16)12(10-23)11-25-20/h2-5,12,15-16,18,21,23-24H,6-11H2,1H3/t12-,15+,16-,18+,20?/m0/s1. The number of aliphatic hydroxyl groups is 2. The number of nitrogens with zero attached hydrogens (tertiary/aromatic N) is 1. The fourth-order valence-corrected chi connectivity index (χ4v) is 5.45. The van der Waals surface area contributed by atoms with E-state index in [1.165, 1.54) is 22.2 Å². The Balaban J connectivity index is 1.54. The lowest BCUT2D eigenvalue weighted by molar-refractivity contribution is -0.290. The van der Waals surface area contributed by atoms with E-state index >= 15 is 0 Å². The van der Waals surface area contributed by atoms with Crippen LogP contribution in [0.15, 0.2) is 24.3 Å². The summed E-state index contributed by atoms with van der Waals surface area (Å²) < 4.78 is 5.70. The van der Waals surface area contributed by atoms with Gasteiger partial charge in [-0.2, -0.15) is 0 Å². The van der Waals surface area contributed by atoms with Crippen molar-refractivity contribution < 1.29 is 14.9 Å². The highest BCUT2D eigenvalue weighted by atomic mass is 16.6. The van der Waals surface area contributed by atoms with Gasteiger partial charge in [-0.1, -0.05) is 18.2 Å². The summed E-state index contributed by atoms with van der Waals surface area (Å²) >= 11 is 0. The van der Waals surface area contributed by atoms with Gasteiger partial charge in [0, 0.05) is 48.1 Å². The first-order chi connectivity index (χ1) is 12.1. The fraction of sp³-hybridized carbons (Fsp3) is 0.600. The van der Waals surface area contributed by atoms with Crippen LogP contribution in [0.4, 0.5) is 0 Å². The second kappa shape index (κ2) is 5.55. The maximum absolute atomic E-state index is 10.7. The summed E-state index contributed by atoms with van der Waals surface area (Å²) in [7, 11) is 0. The van der Waals surface area contributed by atoms with Crippen LogP contribution < -0.4 is 0 Å². The number of aromatic nitrogens is 1. The molecule has 5 nitrogen and oxygen atoms in total. The molecule has 1 aromatic carbocycles. The van der Waals surface area contributed by atoms with E-state index < -0.39 is 5.79 Å². The number of aliphatic hydroxyl groups excluding tert-OH is 1. The van der Waals surface area contributed by atoms with Crippen molar-refractivity contribution in [2.24, 2.45) is 17.8 Å². The van der Waals surface area contributed by atoms with Crippen molar-refractivity contribution in [3.8, 4) is 0 Å². The average Bonchev–Trinajstić information content (AvgIpc) is 3.00. The molecule has 2 fully saturated rings. The Morgan fingerprint density at radius 2 is 2.20 bits per heavy atom. The normalized spacial score (nSPS) is 38.2. The van der Waals surface area contributed by atoms with Crippen LogP contribution in [-0.2, 0) is 11.2 Å². The molecule has 3 aliphatic rings. The maximum atomic E-state index is 10.7. The largest absolute Gasteiger partial charge is 0.396 e. The van der Waals surface area contributed by atoms with Crippen LogP contribution in [0.1, 0.15) is 30.6 Å². The van der Waals surface area contributed by atoms with E-state index in [4.69, 9.17) is 4.74 Å². The highest BCUT2D eigenvalue weighted by Gasteiger charge is 2.52. The van der Waals surface area contributed by atoms with Crippen molar-refractivity contribution in [2.75, 3.05) is 26.3 Å². The predicted octanol–water partition coefficient (Wildman–Crippen LogP) is 2.05. The Labute approximate surface area is 147 Å². The van der Waals surface area contributed by atoms with Gasteiger partial charge in [0.25, 0.3) is 0 Å². The number of ether oxygens (including phenoxy) is 1. The van der Waals surface area contributed by atoms with E-state index in [0.717, 1.165) is 25.9 Å². The van der Waals surface area contributed by atoms with Gasteiger partial charge in [-0.05, 0) is 37.3 Å². The molecule has 5 heteroatoms. The molecule has 0 aliphatic carbocycles. The highest BCUT2D eigenvalue weighted by Crippen LogP contribution is 2.49. The Hall–Kier alpha value is -1.40. The molecule has 3 N–H and O–H groups in total. The van der Waals surface area contributed by atoms with Crippen molar-refractivity contribution in [1.82, 2.24) is 9.88 Å². The Morgan fingerprint density at radius 3 is 3.04 bits per heavy atom. The average molecular weight is 342 g/mol. The second-order valence-corrected chi connectivity index (χ2v) is 8.14. The van der Waals surface area contributed by atoms with Crippen LogP contribution >= 0.6 is 0 Å². The smallest absolute Gasteiger partial charge is 0.166 e. The van der Waals surface area contributed by atoms with Gasteiger partial charge in [-0.15, -0.1) is 0 Å². The monoisotopic (exact) mass is 342 g/mol. The van der Waals surface area contributed by atoms with Gasteiger partial charge in [0.1, 0.15) is 0 Å². The quantitative estimate of drug-likeness (QED) is 0.742. The molecule has 0 amide bonds. The number of fused-ring (bicyclic) bond motifs is 6. The topological polar surface area (TPSA) is 68.7 Å². The molecule has 0 spiro atoms. The molecule has 5 atom stereocenters. The molecule has 25 heavy (non-hydrogen) atoms. The number of nitrogens with one attached hydrogen (secondary N) is 1. The van der Waals surface area contributed by atoms with Crippen molar-refractivity contribution in [1.29, 1.82) is 0 Å². The van der Waals surface area contributed by atoms with Crippen LogP contribution in [0.5, 0.6) is 0 Å². The Morgan fingerprint density at radius 1 is 1.36 bits per heavy atom. The maximum Gasteiger partial charge on any atom is 0.166 e. The summed E-state index contributed by atoms with van der Waals surface area (Å²) in [6.07, 6.45) is 2.01. The number of H-pyrrole nitrogens is 1. The number of aromatic amines is 1. The number of hydrogen-bond acceptors (Lipinski definition) is 4.